The number of carboxylic acids is 1. The minimum atomic E-state index is -4.52. The maximum Gasteiger partial charge on any atom is 0.335 e. The van der Waals surface area contributed by atoms with Gasteiger partial charge in [0.2, 0.25) is 0 Å². The zero-order valence-electron chi connectivity index (χ0n) is 8.21. The van der Waals surface area contributed by atoms with E-state index in [4.69, 9.17) is 14.8 Å². The van der Waals surface area contributed by atoms with Gasteiger partial charge < -0.3 is 15.7 Å². The molecule has 85 valence electrons. The predicted molar refractivity (Wildman–Crippen MR) is 54.2 cm³/mol. The van der Waals surface area contributed by atoms with Crippen molar-refractivity contribution in [1.29, 1.82) is 0 Å². The summed E-state index contributed by atoms with van der Waals surface area (Å²) in [7, 11) is -4.52. The van der Waals surface area contributed by atoms with Crippen molar-refractivity contribution < 1.29 is 33.5 Å². The first-order chi connectivity index (χ1) is 6.32. The van der Waals surface area contributed by atoms with Gasteiger partial charge >= 0.3 is 5.97 Å². The number of carbonyl (C=O) groups is 1. The van der Waals surface area contributed by atoms with Crippen molar-refractivity contribution in [3.05, 3.63) is 23.8 Å². The molecule has 16 heavy (non-hydrogen) atoms. The summed E-state index contributed by atoms with van der Waals surface area (Å²) in [5, 5.41) is 17.6. The first-order valence-corrected chi connectivity index (χ1v) is 4.80. The first-order valence-electron chi connectivity index (χ1n) is 3.36. The quantitative estimate of drug-likeness (QED) is 0.473. The van der Waals surface area contributed by atoms with Crippen molar-refractivity contribution >= 4 is 67.5 Å². The molecule has 0 fully saturated rings. The second-order valence-corrected chi connectivity index (χ2v) is 3.85. The number of hydrogen-bond acceptors (Lipinski definition) is 4. The molecule has 1 aromatic carbocycles. The first kappa shape index (κ1) is 18.4. The van der Waals surface area contributed by atoms with Crippen LogP contribution in [0.15, 0.2) is 23.1 Å². The van der Waals surface area contributed by atoms with Crippen LogP contribution >= 0.6 is 0 Å². The van der Waals surface area contributed by atoms with Gasteiger partial charge in [-0.3, -0.25) is 4.55 Å². The van der Waals surface area contributed by atoms with Gasteiger partial charge in [0.1, 0.15) is 10.6 Å². The Bertz CT molecular complexity index is 482. The van der Waals surface area contributed by atoms with Gasteiger partial charge in [-0.25, -0.2) is 4.79 Å². The third-order valence-corrected chi connectivity index (χ3v) is 2.38. The number of benzene rings is 1. The number of hydrogen-bond donors (Lipinski definition) is 3. The van der Waals surface area contributed by atoms with Crippen molar-refractivity contribution in [2.75, 3.05) is 0 Å². The standard InChI is InChI=1S/C7H6O6S.K.H2O/c8-5-3-4(7(9)10)1-2-6(5)14(11,12)13;;/h1-3,8H,(H,9,10)(H,11,12,13);;1H2. The second kappa shape index (κ2) is 6.66. The van der Waals surface area contributed by atoms with E-state index >= 15 is 0 Å². The molecule has 0 saturated carbocycles. The van der Waals surface area contributed by atoms with Crippen LogP contribution < -0.4 is 0 Å². The average Bonchev–Trinajstić information content (AvgIpc) is 2.01. The van der Waals surface area contributed by atoms with Gasteiger partial charge in [0.25, 0.3) is 10.1 Å². The minimum absolute atomic E-state index is 0. The summed E-state index contributed by atoms with van der Waals surface area (Å²) in [4.78, 5) is 9.67. The van der Waals surface area contributed by atoms with Crippen LogP contribution in [-0.2, 0) is 10.1 Å². The van der Waals surface area contributed by atoms with Crippen molar-refractivity contribution in [2.24, 2.45) is 0 Å². The molecule has 1 radical (unpaired) electrons. The van der Waals surface area contributed by atoms with E-state index in [1.54, 1.807) is 0 Å². The van der Waals surface area contributed by atoms with Gasteiger partial charge in [0.15, 0.2) is 0 Å². The van der Waals surface area contributed by atoms with E-state index in [1.807, 2.05) is 0 Å². The summed E-state index contributed by atoms with van der Waals surface area (Å²) in [6, 6.07) is 2.52. The molecule has 0 aliphatic carbocycles. The van der Waals surface area contributed by atoms with Crippen molar-refractivity contribution in [3.8, 4) is 5.75 Å². The zero-order chi connectivity index (χ0) is 10.9. The molecule has 0 aliphatic heterocycles. The Hall–Kier alpha value is -0.00364. The maximum absolute atomic E-state index is 10.6. The van der Waals surface area contributed by atoms with Crippen LogP contribution in [0, 0.1) is 0 Å². The summed E-state index contributed by atoms with van der Waals surface area (Å²) < 4.78 is 29.7. The predicted octanol–water partition coefficient (Wildman–Crippen LogP) is -0.868. The molecule has 0 spiro atoms. The van der Waals surface area contributed by atoms with Crippen LogP contribution in [0.1, 0.15) is 10.4 Å². The molecule has 0 aliphatic rings. The molecule has 0 heterocycles. The molecular formula is C7H8KO7S. The molecule has 0 amide bonds. The molecule has 0 aromatic heterocycles. The summed E-state index contributed by atoms with van der Waals surface area (Å²) >= 11 is 0. The van der Waals surface area contributed by atoms with Crippen LogP contribution in [-0.4, -0.2) is 86.0 Å². The fourth-order valence-electron chi connectivity index (χ4n) is 0.869. The van der Waals surface area contributed by atoms with E-state index in [0.717, 1.165) is 18.2 Å². The van der Waals surface area contributed by atoms with E-state index in [2.05, 4.69) is 0 Å². The Morgan fingerprint density at radius 3 is 2.06 bits per heavy atom. The summed E-state index contributed by atoms with van der Waals surface area (Å²) in [6.07, 6.45) is 0. The Morgan fingerprint density at radius 1 is 1.25 bits per heavy atom. The van der Waals surface area contributed by atoms with Crippen molar-refractivity contribution in [2.45, 2.75) is 4.90 Å². The Kier molecular flexibility index (Phi) is 7.65. The molecule has 1 aromatic rings. The smallest absolute Gasteiger partial charge is 0.335 e. The van der Waals surface area contributed by atoms with Gasteiger partial charge in [-0.1, -0.05) is 0 Å². The molecule has 7 nitrogen and oxygen atoms in total. The molecule has 1 rings (SSSR count). The molecule has 0 atom stereocenters. The number of phenols is 1. The van der Waals surface area contributed by atoms with Crippen LogP contribution in [0.4, 0.5) is 0 Å². The van der Waals surface area contributed by atoms with Gasteiger partial charge in [-0.2, -0.15) is 8.42 Å². The van der Waals surface area contributed by atoms with Crippen molar-refractivity contribution in [1.82, 2.24) is 0 Å². The van der Waals surface area contributed by atoms with Gasteiger partial charge in [0, 0.05) is 51.4 Å². The largest absolute Gasteiger partial charge is 0.506 e. The third kappa shape index (κ3) is 4.47. The van der Waals surface area contributed by atoms with Crippen LogP contribution in [0.5, 0.6) is 5.75 Å². The summed E-state index contributed by atoms with van der Waals surface area (Å²) in [5.41, 5.74) is -0.269. The average molecular weight is 275 g/mol. The normalized spacial score (nSPS) is 9.81. The number of rotatable bonds is 2. The number of phenolic OH excluding ortho intramolecular Hbond substituents is 1. The molecular weight excluding hydrogens is 267 g/mol. The Balaban J connectivity index is 0. The van der Waals surface area contributed by atoms with E-state index in [0.29, 0.717) is 0 Å². The maximum atomic E-state index is 10.6. The van der Waals surface area contributed by atoms with E-state index < -0.39 is 26.7 Å². The molecule has 0 unspecified atom stereocenters. The minimum Gasteiger partial charge on any atom is -0.506 e. The third-order valence-electron chi connectivity index (χ3n) is 1.48. The molecule has 0 saturated heterocycles. The summed E-state index contributed by atoms with van der Waals surface area (Å²) in [6.45, 7) is 0. The van der Waals surface area contributed by atoms with E-state index in [9.17, 15) is 13.2 Å². The van der Waals surface area contributed by atoms with Gasteiger partial charge in [-0.05, 0) is 18.2 Å². The van der Waals surface area contributed by atoms with Crippen LogP contribution in [0.25, 0.3) is 0 Å². The molecule has 5 N–H and O–H groups in total. The Morgan fingerprint density at radius 2 is 1.75 bits per heavy atom. The molecule has 0 bridgehead atoms. The van der Waals surface area contributed by atoms with Crippen LogP contribution in [0.2, 0.25) is 0 Å². The Labute approximate surface area is 134 Å². The molecule has 9 heteroatoms. The monoisotopic (exact) mass is 275 g/mol. The fraction of sp³-hybridized carbons (Fsp3) is 0. The van der Waals surface area contributed by atoms with Crippen molar-refractivity contribution in [3.63, 3.8) is 0 Å². The topological polar surface area (TPSA) is 143 Å². The zero-order valence-corrected chi connectivity index (χ0v) is 12.1. The summed E-state index contributed by atoms with van der Waals surface area (Å²) in [5.74, 6) is -2.10. The number of aromatic carboxylic acids is 1. The number of aromatic hydroxyl groups is 1. The van der Waals surface area contributed by atoms with Crippen LogP contribution in [0.3, 0.4) is 0 Å². The fourth-order valence-corrected chi connectivity index (χ4v) is 1.43. The number of carboxylic acid groups (broad SMARTS) is 1. The van der Waals surface area contributed by atoms with E-state index in [1.165, 1.54) is 0 Å². The second-order valence-electron chi connectivity index (χ2n) is 2.46. The van der Waals surface area contributed by atoms with Gasteiger partial charge in [-0.15, -0.1) is 0 Å². The van der Waals surface area contributed by atoms with E-state index in [-0.39, 0.29) is 62.4 Å². The van der Waals surface area contributed by atoms with Gasteiger partial charge in [0.05, 0.1) is 5.56 Å². The SMILES string of the molecule is O.O=C(O)c1ccc(S(=O)(=O)O)c(O)c1.[K].